The first-order valence-electron chi connectivity index (χ1n) is 20.3. The second-order valence-corrected chi connectivity index (χ2v) is 18.2. The van der Waals surface area contributed by atoms with Gasteiger partial charge in [0.2, 0.25) is 0 Å². The van der Waals surface area contributed by atoms with Gasteiger partial charge in [0.15, 0.2) is 12.6 Å². The Morgan fingerprint density at radius 3 is 2.25 bits per heavy atom. The van der Waals surface area contributed by atoms with Gasteiger partial charge in [0.25, 0.3) is 0 Å². The van der Waals surface area contributed by atoms with Crippen molar-refractivity contribution in [1.82, 2.24) is 9.80 Å². The first-order chi connectivity index (χ1) is 25.5. The van der Waals surface area contributed by atoms with Crippen LogP contribution >= 0.6 is 0 Å². The molecular formula is C41H74N2O12. The summed E-state index contributed by atoms with van der Waals surface area (Å²) in [4.78, 5) is 18.6. The van der Waals surface area contributed by atoms with Crippen LogP contribution in [0.3, 0.4) is 0 Å². The summed E-state index contributed by atoms with van der Waals surface area (Å²) in [6, 6.07) is -0.567. The minimum Gasteiger partial charge on any atom is -0.459 e. The van der Waals surface area contributed by atoms with Gasteiger partial charge in [-0.3, -0.25) is 9.69 Å². The zero-order chi connectivity index (χ0) is 41.4. The van der Waals surface area contributed by atoms with E-state index in [2.05, 4.69) is 18.4 Å². The largest absolute Gasteiger partial charge is 0.459 e. The predicted octanol–water partition coefficient (Wildman–Crippen LogP) is 2.87. The molecule has 0 amide bonds. The van der Waals surface area contributed by atoms with Crippen molar-refractivity contribution in [2.75, 3.05) is 40.9 Å². The van der Waals surface area contributed by atoms with Gasteiger partial charge < -0.3 is 58.5 Å². The maximum Gasteiger partial charge on any atom is 0.311 e. The van der Waals surface area contributed by atoms with Crippen LogP contribution in [0.4, 0.5) is 0 Å². The van der Waals surface area contributed by atoms with Gasteiger partial charge in [-0.1, -0.05) is 27.4 Å². The number of fused-ring (bicyclic) bond motifs is 2. The highest BCUT2D eigenvalue weighted by Gasteiger charge is 2.53. The fourth-order valence-corrected chi connectivity index (χ4v) is 9.65. The van der Waals surface area contributed by atoms with Crippen LogP contribution in [0.25, 0.3) is 0 Å². The lowest BCUT2D eigenvalue weighted by Crippen LogP contribution is -2.60. The van der Waals surface area contributed by atoms with Gasteiger partial charge in [-0.2, -0.15) is 0 Å². The molecule has 14 nitrogen and oxygen atoms in total. The molecule has 0 aromatic carbocycles. The number of nitrogens with zero attached hydrogens (tertiary/aromatic N) is 2. The van der Waals surface area contributed by atoms with Gasteiger partial charge in [0.1, 0.15) is 30.0 Å². The Morgan fingerprint density at radius 1 is 1.00 bits per heavy atom. The minimum atomic E-state index is -1.58. The van der Waals surface area contributed by atoms with Crippen LogP contribution in [0.5, 0.6) is 0 Å². The Labute approximate surface area is 329 Å². The quantitative estimate of drug-likeness (QED) is 0.220. The third-order valence-electron chi connectivity index (χ3n) is 12.9. The lowest BCUT2D eigenvalue weighted by atomic mass is 9.77. The molecule has 4 N–H and O–H groups in total. The first kappa shape index (κ1) is 46.4. The van der Waals surface area contributed by atoms with Crippen molar-refractivity contribution >= 4 is 5.97 Å². The molecule has 1 unspecified atom stereocenters. The van der Waals surface area contributed by atoms with Crippen LogP contribution in [0.2, 0.25) is 0 Å². The molecule has 4 heterocycles. The molecule has 0 aromatic rings. The van der Waals surface area contributed by atoms with Crippen molar-refractivity contribution in [3.05, 3.63) is 12.2 Å². The van der Waals surface area contributed by atoms with Gasteiger partial charge in [-0.05, 0) is 93.3 Å². The number of rotatable bonds is 7. The van der Waals surface area contributed by atoms with Gasteiger partial charge >= 0.3 is 5.97 Å². The maximum absolute atomic E-state index is 14.4. The number of aliphatic hydroxyl groups excluding tert-OH is 2. The van der Waals surface area contributed by atoms with Crippen molar-refractivity contribution in [3.8, 4) is 0 Å². The van der Waals surface area contributed by atoms with Crippen LogP contribution in [0.15, 0.2) is 12.2 Å². The zero-order valence-electron chi connectivity index (χ0n) is 35.8. The predicted molar refractivity (Wildman–Crippen MR) is 206 cm³/mol. The summed E-state index contributed by atoms with van der Waals surface area (Å²) in [7, 11) is 5.32. The fraction of sp³-hybridized carbons (Fsp3) is 0.927. The van der Waals surface area contributed by atoms with E-state index in [4.69, 9.17) is 33.2 Å². The van der Waals surface area contributed by atoms with Crippen molar-refractivity contribution in [2.45, 2.75) is 185 Å². The summed E-state index contributed by atoms with van der Waals surface area (Å²) in [5.41, 5.74) is -3.29. The summed E-state index contributed by atoms with van der Waals surface area (Å²) >= 11 is 0. The van der Waals surface area contributed by atoms with Gasteiger partial charge in [0.05, 0.1) is 48.1 Å². The Hall–Kier alpha value is -1.27. The normalized spacial score (nSPS) is 49.8. The van der Waals surface area contributed by atoms with Crippen molar-refractivity contribution in [3.63, 3.8) is 0 Å². The zero-order valence-corrected chi connectivity index (χ0v) is 35.8. The van der Waals surface area contributed by atoms with Gasteiger partial charge in [-0.25, -0.2) is 0 Å². The average Bonchev–Trinajstić information content (AvgIpc) is 3.23. The Kier molecular flexibility index (Phi) is 15.5. The highest BCUT2D eigenvalue weighted by molar-refractivity contribution is 5.73. The van der Waals surface area contributed by atoms with E-state index >= 15 is 0 Å². The van der Waals surface area contributed by atoms with Crippen molar-refractivity contribution in [1.29, 1.82) is 0 Å². The molecule has 14 heteroatoms. The molecule has 4 fully saturated rings. The number of hydrogen-bond acceptors (Lipinski definition) is 14. The summed E-state index contributed by atoms with van der Waals surface area (Å²) in [5.74, 6) is -2.43. The van der Waals surface area contributed by atoms with E-state index in [-0.39, 0.29) is 43.6 Å². The smallest absolute Gasteiger partial charge is 0.311 e. The molecule has 0 saturated carbocycles. The minimum absolute atomic E-state index is 0.105. The van der Waals surface area contributed by atoms with E-state index in [1.54, 1.807) is 34.6 Å². The van der Waals surface area contributed by atoms with Crippen LogP contribution in [0.1, 0.15) is 94.9 Å². The van der Waals surface area contributed by atoms with E-state index in [0.717, 1.165) is 5.57 Å². The number of likely N-dealkylation sites (N-methyl/N-ethyl adjacent to an activating group) is 1. The number of ether oxygens (including phenoxy) is 7. The van der Waals surface area contributed by atoms with Crippen LogP contribution < -0.4 is 0 Å². The standard InChI is InChI=1S/C41H74N2O12/c1-15-30-41(11,48)36-27(7)43(20-23(3)21-50-36)19-22(2)17-39(9,47)35(55-38-32(44)29(42(12)13)16-24(4)51-38)25(5)33(26(6)37(46)53-30)54-31-18-40(10,49-14)34(45)28(8)52-31/h22,24-36,38,44-45,47-48H,3,15-21H2,1-2,4-14H3/t22-,24+,25+,26-,27+,28-,29-,30+,31-,32+,33+,34-,35+,36-,38-,39+,40+,41+/m0/s1. The molecule has 55 heavy (non-hydrogen) atoms. The number of carbonyl (C=O) groups excluding carboxylic acids is 1. The number of hydrogen-bond donors (Lipinski definition) is 4. The maximum atomic E-state index is 14.4. The molecule has 4 rings (SSSR count). The molecule has 0 aromatic heterocycles. The highest BCUT2D eigenvalue weighted by atomic mass is 16.7. The number of esters is 1. The monoisotopic (exact) mass is 787 g/mol. The second-order valence-electron chi connectivity index (χ2n) is 18.2. The number of carbonyl (C=O) groups is 1. The lowest BCUT2D eigenvalue weighted by molar-refractivity contribution is -0.318. The molecule has 4 aliphatic rings. The van der Waals surface area contributed by atoms with E-state index < -0.39 is 89.9 Å². The Balaban J connectivity index is 1.84. The summed E-state index contributed by atoms with van der Waals surface area (Å²) in [6.07, 6.45) is -7.28. The number of aliphatic hydroxyl groups is 4. The Bertz CT molecular complexity index is 1280. The second kappa shape index (κ2) is 18.3. The molecule has 320 valence electrons. The lowest BCUT2D eigenvalue weighted by Gasteiger charge is -2.48. The molecule has 0 aliphatic carbocycles. The van der Waals surface area contributed by atoms with Gasteiger partial charge in [0, 0.05) is 44.6 Å². The van der Waals surface area contributed by atoms with Crippen molar-refractivity contribution < 1.29 is 58.4 Å². The van der Waals surface area contributed by atoms with E-state index in [9.17, 15) is 25.2 Å². The fourth-order valence-electron chi connectivity index (χ4n) is 9.65. The Morgan fingerprint density at radius 2 is 1.65 bits per heavy atom. The summed E-state index contributed by atoms with van der Waals surface area (Å²) in [6.45, 7) is 23.8. The average molecular weight is 787 g/mol. The first-order valence-corrected chi connectivity index (χ1v) is 20.3. The van der Waals surface area contributed by atoms with Gasteiger partial charge in [-0.15, -0.1) is 0 Å². The van der Waals surface area contributed by atoms with Crippen LogP contribution in [-0.4, -0.2) is 167 Å². The third-order valence-corrected chi connectivity index (χ3v) is 12.9. The molecule has 19 atom stereocenters. The summed E-state index contributed by atoms with van der Waals surface area (Å²) < 4.78 is 44.4. The highest BCUT2D eigenvalue weighted by Crippen LogP contribution is 2.40. The van der Waals surface area contributed by atoms with E-state index in [1.807, 2.05) is 46.7 Å². The SMILES string of the molecule is C=C1CO[C@H]2[C@@H](C)N(C1)C[C@@H](C)C[C@@](C)(O)[C@H](O[C@@H]1O[C@H](C)C[C@H](N(C)C)[C@H]1O)[C@H](C)[C@@H](O[C@H]1C[C@@](C)(OC)[C@@H](O)[C@H](C)O1)[C@H](C)C(=O)O[C@H](CC)[C@@]2(C)O. The van der Waals surface area contributed by atoms with Crippen LogP contribution in [-0.2, 0) is 38.0 Å². The molecule has 2 bridgehead atoms. The molecule has 0 spiro atoms. The molecular weight excluding hydrogens is 712 g/mol. The number of methoxy groups -OCH3 is 1. The summed E-state index contributed by atoms with van der Waals surface area (Å²) in [5, 5.41) is 47.5. The third kappa shape index (κ3) is 10.3. The van der Waals surface area contributed by atoms with Crippen molar-refractivity contribution in [2.24, 2.45) is 17.8 Å². The molecule has 4 aliphatic heterocycles. The molecule has 4 saturated heterocycles. The van der Waals surface area contributed by atoms with Crippen LogP contribution in [0, 0.1) is 17.8 Å². The molecule has 0 radical (unpaired) electrons. The van der Waals surface area contributed by atoms with E-state index in [0.29, 0.717) is 25.9 Å². The topological polar surface area (TPSA) is 169 Å². The number of cyclic esters (lactones) is 1. The van der Waals surface area contributed by atoms with E-state index in [1.165, 1.54) is 7.11 Å².